The van der Waals surface area contributed by atoms with Crippen molar-refractivity contribution in [1.29, 1.82) is 5.41 Å². The maximum absolute atomic E-state index is 14.5. The SMILES string of the molecule is COC(=O)CNc1ccccc1C(=N)c1cc(OCc2ccccc2)ccc1F. The number of carbonyl (C=O) groups excluding carboxylic acids is 1. The molecule has 6 heteroatoms. The Kier molecular flexibility index (Phi) is 6.58. The van der Waals surface area contributed by atoms with Crippen LogP contribution in [0.15, 0.2) is 72.8 Å². The van der Waals surface area contributed by atoms with Crippen LogP contribution >= 0.6 is 0 Å². The molecule has 0 unspecified atom stereocenters. The highest BCUT2D eigenvalue weighted by atomic mass is 19.1. The van der Waals surface area contributed by atoms with Crippen LogP contribution in [0.5, 0.6) is 5.75 Å². The van der Waals surface area contributed by atoms with Crippen molar-refractivity contribution < 1.29 is 18.7 Å². The molecule has 0 atom stereocenters. The number of hydrogen-bond donors (Lipinski definition) is 2. The molecule has 0 heterocycles. The molecular formula is C23H21FN2O3. The van der Waals surface area contributed by atoms with Crippen molar-refractivity contribution in [3.63, 3.8) is 0 Å². The summed E-state index contributed by atoms with van der Waals surface area (Å²) >= 11 is 0. The molecule has 0 spiro atoms. The molecule has 0 aliphatic carbocycles. The highest BCUT2D eigenvalue weighted by molar-refractivity contribution is 6.14. The summed E-state index contributed by atoms with van der Waals surface area (Å²) < 4.78 is 24.9. The largest absolute Gasteiger partial charge is 0.489 e. The second kappa shape index (κ2) is 9.50. The lowest BCUT2D eigenvalue weighted by Gasteiger charge is -2.14. The van der Waals surface area contributed by atoms with Crippen LogP contribution in [0.2, 0.25) is 0 Å². The van der Waals surface area contributed by atoms with Gasteiger partial charge in [0.25, 0.3) is 0 Å². The van der Waals surface area contributed by atoms with Crippen molar-refractivity contribution in [1.82, 2.24) is 0 Å². The maximum atomic E-state index is 14.5. The van der Waals surface area contributed by atoms with Gasteiger partial charge in [-0.3, -0.25) is 10.2 Å². The Morgan fingerprint density at radius 3 is 2.48 bits per heavy atom. The van der Waals surface area contributed by atoms with Gasteiger partial charge in [-0.2, -0.15) is 0 Å². The van der Waals surface area contributed by atoms with E-state index in [4.69, 9.17) is 10.1 Å². The minimum Gasteiger partial charge on any atom is -0.489 e. The molecule has 3 rings (SSSR count). The van der Waals surface area contributed by atoms with Crippen LogP contribution in [0.4, 0.5) is 10.1 Å². The van der Waals surface area contributed by atoms with Gasteiger partial charge in [-0.15, -0.1) is 0 Å². The first-order chi connectivity index (χ1) is 14.1. The number of carbonyl (C=O) groups is 1. The van der Waals surface area contributed by atoms with Gasteiger partial charge in [-0.05, 0) is 29.8 Å². The van der Waals surface area contributed by atoms with E-state index in [0.29, 0.717) is 23.6 Å². The van der Waals surface area contributed by atoms with Crippen LogP contribution in [-0.2, 0) is 16.1 Å². The van der Waals surface area contributed by atoms with Crippen molar-refractivity contribution >= 4 is 17.4 Å². The van der Waals surface area contributed by atoms with Crippen LogP contribution in [0.25, 0.3) is 0 Å². The van der Waals surface area contributed by atoms with E-state index in [0.717, 1.165) is 5.56 Å². The Balaban J connectivity index is 1.81. The Morgan fingerprint density at radius 1 is 1.00 bits per heavy atom. The Morgan fingerprint density at radius 2 is 1.72 bits per heavy atom. The zero-order valence-electron chi connectivity index (χ0n) is 15.9. The van der Waals surface area contributed by atoms with Crippen molar-refractivity contribution in [3.05, 3.63) is 95.3 Å². The summed E-state index contributed by atoms with van der Waals surface area (Å²) in [6, 6.07) is 20.9. The van der Waals surface area contributed by atoms with Gasteiger partial charge in [0.2, 0.25) is 0 Å². The molecule has 3 aromatic rings. The first-order valence-electron chi connectivity index (χ1n) is 9.04. The van der Waals surface area contributed by atoms with Crippen LogP contribution in [0.3, 0.4) is 0 Å². The summed E-state index contributed by atoms with van der Waals surface area (Å²) in [5.41, 5.74) is 2.10. The highest BCUT2D eigenvalue weighted by Gasteiger charge is 2.15. The maximum Gasteiger partial charge on any atom is 0.325 e. The molecule has 29 heavy (non-hydrogen) atoms. The molecule has 0 aliphatic rings. The lowest BCUT2D eigenvalue weighted by Crippen LogP contribution is -2.17. The number of hydrogen-bond acceptors (Lipinski definition) is 5. The van der Waals surface area contributed by atoms with Gasteiger partial charge >= 0.3 is 5.97 Å². The fraction of sp³-hybridized carbons (Fsp3) is 0.130. The number of para-hydroxylation sites is 1. The lowest BCUT2D eigenvalue weighted by molar-refractivity contribution is -0.138. The molecule has 0 bridgehead atoms. The van der Waals surface area contributed by atoms with E-state index in [2.05, 4.69) is 10.1 Å². The molecule has 0 saturated carbocycles. The van der Waals surface area contributed by atoms with Crippen molar-refractivity contribution in [2.45, 2.75) is 6.61 Å². The molecule has 3 aromatic carbocycles. The normalized spacial score (nSPS) is 10.3. The molecule has 5 nitrogen and oxygen atoms in total. The van der Waals surface area contributed by atoms with Gasteiger partial charge in [0.1, 0.15) is 24.7 Å². The summed E-state index contributed by atoms with van der Waals surface area (Å²) in [6.07, 6.45) is 0. The summed E-state index contributed by atoms with van der Waals surface area (Å²) in [5.74, 6) is -0.492. The van der Waals surface area contributed by atoms with Gasteiger partial charge in [0, 0.05) is 16.8 Å². The number of esters is 1. The molecule has 2 N–H and O–H groups in total. The van der Waals surface area contributed by atoms with Gasteiger partial charge in [-0.1, -0.05) is 48.5 Å². The highest BCUT2D eigenvalue weighted by Crippen LogP contribution is 2.24. The third kappa shape index (κ3) is 5.19. The minimum atomic E-state index is -0.523. The topological polar surface area (TPSA) is 71.4 Å². The summed E-state index contributed by atoms with van der Waals surface area (Å²) in [6.45, 7) is 0.292. The van der Waals surface area contributed by atoms with E-state index >= 15 is 0 Å². The zero-order chi connectivity index (χ0) is 20.6. The molecule has 148 valence electrons. The summed E-state index contributed by atoms with van der Waals surface area (Å²) in [5, 5.41) is 11.5. The van der Waals surface area contributed by atoms with Crippen LogP contribution < -0.4 is 10.1 Å². The predicted molar refractivity (Wildman–Crippen MR) is 110 cm³/mol. The Bertz CT molecular complexity index is 1010. The molecule has 0 radical (unpaired) electrons. The fourth-order valence-corrected chi connectivity index (χ4v) is 2.77. The van der Waals surface area contributed by atoms with E-state index in [1.807, 2.05) is 30.3 Å². The Labute approximate surface area is 168 Å². The van der Waals surface area contributed by atoms with E-state index < -0.39 is 11.8 Å². The number of ether oxygens (including phenoxy) is 2. The first kappa shape index (κ1) is 20.1. The quantitative estimate of drug-likeness (QED) is 0.440. The first-order valence-corrected chi connectivity index (χ1v) is 9.04. The molecule has 0 saturated heterocycles. The van der Waals surface area contributed by atoms with E-state index in [1.54, 1.807) is 24.3 Å². The van der Waals surface area contributed by atoms with E-state index in [-0.39, 0.29) is 17.8 Å². The number of halogens is 1. The third-order valence-corrected chi connectivity index (χ3v) is 4.30. The van der Waals surface area contributed by atoms with E-state index in [1.165, 1.54) is 25.3 Å². The average Bonchev–Trinajstić information content (AvgIpc) is 2.77. The van der Waals surface area contributed by atoms with Crippen LogP contribution in [0, 0.1) is 11.2 Å². The van der Waals surface area contributed by atoms with Crippen LogP contribution in [-0.4, -0.2) is 25.3 Å². The van der Waals surface area contributed by atoms with E-state index in [9.17, 15) is 9.18 Å². The van der Waals surface area contributed by atoms with Gasteiger partial charge in [-0.25, -0.2) is 4.39 Å². The second-order valence-electron chi connectivity index (χ2n) is 6.27. The third-order valence-electron chi connectivity index (χ3n) is 4.30. The molecule has 0 aliphatic heterocycles. The predicted octanol–water partition coefficient (Wildman–Crippen LogP) is 4.41. The number of methoxy groups -OCH3 is 1. The molecule has 0 amide bonds. The summed E-state index contributed by atoms with van der Waals surface area (Å²) in [4.78, 5) is 11.4. The van der Waals surface area contributed by atoms with Crippen LogP contribution in [0.1, 0.15) is 16.7 Å². The van der Waals surface area contributed by atoms with Gasteiger partial charge < -0.3 is 14.8 Å². The van der Waals surface area contributed by atoms with Gasteiger partial charge in [0.15, 0.2) is 0 Å². The second-order valence-corrected chi connectivity index (χ2v) is 6.27. The minimum absolute atomic E-state index is 0.0133. The Hall–Kier alpha value is -3.67. The van der Waals surface area contributed by atoms with Crippen molar-refractivity contribution in [3.8, 4) is 5.75 Å². The standard InChI is InChI=1S/C23H21FN2O3/c1-28-22(27)14-26-21-10-6-5-9-18(21)23(25)19-13-17(11-12-20(19)24)29-15-16-7-3-2-4-8-16/h2-13,25-26H,14-15H2,1H3. The van der Waals surface area contributed by atoms with Crippen molar-refractivity contribution in [2.75, 3.05) is 19.0 Å². The fourth-order valence-electron chi connectivity index (χ4n) is 2.77. The average molecular weight is 392 g/mol. The smallest absolute Gasteiger partial charge is 0.325 e. The number of rotatable bonds is 8. The number of nitrogens with one attached hydrogen (secondary N) is 2. The number of benzene rings is 3. The monoisotopic (exact) mass is 392 g/mol. The van der Waals surface area contributed by atoms with Gasteiger partial charge in [0.05, 0.1) is 12.8 Å². The van der Waals surface area contributed by atoms with Crippen molar-refractivity contribution in [2.24, 2.45) is 0 Å². The summed E-state index contributed by atoms with van der Waals surface area (Å²) in [7, 11) is 1.30. The molecule has 0 aromatic heterocycles. The zero-order valence-corrected chi connectivity index (χ0v) is 15.9. The molecular weight excluding hydrogens is 371 g/mol. The number of anilines is 1. The molecule has 0 fully saturated rings. The lowest BCUT2D eigenvalue weighted by atomic mass is 10.00.